The van der Waals surface area contributed by atoms with Crippen LogP contribution in [-0.4, -0.2) is 24.0 Å². The van der Waals surface area contributed by atoms with Gasteiger partial charge in [0.05, 0.1) is 0 Å². The van der Waals surface area contributed by atoms with Gasteiger partial charge < -0.3 is 10.2 Å². The van der Waals surface area contributed by atoms with Gasteiger partial charge in [-0.2, -0.15) is 0 Å². The van der Waals surface area contributed by atoms with Crippen molar-refractivity contribution < 1.29 is 4.79 Å². The third-order valence-corrected chi connectivity index (χ3v) is 2.62. The van der Waals surface area contributed by atoms with E-state index >= 15 is 0 Å². The summed E-state index contributed by atoms with van der Waals surface area (Å²) in [7, 11) is 0. The maximum Gasteiger partial charge on any atom is 0.321 e. The molecule has 2 amide bonds. The van der Waals surface area contributed by atoms with E-state index < -0.39 is 0 Å². The van der Waals surface area contributed by atoms with Crippen molar-refractivity contribution in [2.45, 2.75) is 20.3 Å². The maximum absolute atomic E-state index is 11.6. The van der Waals surface area contributed by atoms with E-state index in [1.54, 1.807) is 0 Å². The van der Waals surface area contributed by atoms with Gasteiger partial charge in [0.2, 0.25) is 0 Å². The number of urea groups is 1. The molecule has 0 bridgehead atoms. The Hall–Kier alpha value is -1.51. The van der Waals surface area contributed by atoms with Gasteiger partial charge in [0.1, 0.15) is 0 Å². The number of nitrogens with one attached hydrogen (secondary N) is 1. The van der Waals surface area contributed by atoms with E-state index in [9.17, 15) is 4.79 Å². The van der Waals surface area contributed by atoms with Crippen molar-refractivity contribution in [3.63, 3.8) is 0 Å². The summed E-state index contributed by atoms with van der Waals surface area (Å²) in [5.74, 6) is 0. The fourth-order valence-electron chi connectivity index (χ4n) is 1.77. The fourth-order valence-corrected chi connectivity index (χ4v) is 1.77. The molecule has 0 aromatic heterocycles. The van der Waals surface area contributed by atoms with Crippen molar-refractivity contribution in [2.75, 3.05) is 18.4 Å². The second-order valence-electron chi connectivity index (χ2n) is 4.15. The van der Waals surface area contributed by atoms with E-state index in [-0.39, 0.29) is 6.03 Å². The summed E-state index contributed by atoms with van der Waals surface area (Å²) in [5, 5.41) is 2.91. The van der Waals surface area contributed by atoms with E-state index in [0.29, 0.717) is 0 Å². The molecule has 1 heterocycles. The van der Waals surface area contributed by atoms with Crippen LogP contribution in [0.5, 0.6) is 0 Å². The summed E-state index contributed by atoms with van der Waals surface area (Å²) in [5.41, 5.74) is 3.24. The van der Waals surface area contributed by atoms with Gasteiger partial charge in [-0.25, -0.2) is 4.79 Å². The smallest absolute Gasteiger partial charge is 0.321 e. The Morgan fingerprint density at radius 2 is 1.80 bits per heavy atom. The first-order valence-corrected chi connectivity index (χ1v) is 5.29. The molecule has 3 nitrogen and oxygen atoms in total. The lowest BCUT2D eigenvalue weighted by Crippen LogP contribution is -2.44. The molecule has 2 rings (SSSR count). The summed E-state index contributed by atoms with van der Waals surface area (Å²) in [6.45, 7) is 5.84. The first-order valence-electron chi connectivity index (χ1n) is 5.29. The SMILES string of the molecule is Cc1cc(C)cc(NC(=O)N2CCC2)c1. The summed E-state index contributed by atoms with van der Waals surface area (Å²) in [6, 6.07) is 6.10. The van der Waals surface area contributed by atoms with Gasteiger partial charge >= 0.3 is 6.03 Å². The van der Waals surface area contributed by atoms with Crippen molar-refractivity contribution in [3.8, 4) is 0 Å². The highest BCUT2D eigenvalue weighted by Gasteiger charge is 2.19. The summed E-state index contributed by atoms with van der Waals surface area (Å²) in [6.07, 6.45) is 1.13. The predicted molar refractivity (Wildman–Crippen MR) is 61.1 cm³/mol. The number of carbonyl (C=O) groups excluding carboxylic acids is 1. The van der Waals surface area contributed by atoms with Gasteiger partial charge in [0, 0.05) is 18.8 Å². The topological polar surface area (TPSA) is 32.3 Å². The number of carbonyl (C=O) groups is 1. The Kier molecular flexibility index (Phi) is 2.62. The Balaban J connectivity index is 2.06. The van der Waals surface area contributed by atoms with Gasteiger partial charge in [-0.05, 0) is 43.5 Å². The Morgan fingerprint density at radius 3 is 2.27 bits per heavy atom. The molecular weight excluding hydrogens is 188 g/mol. The average Bonchev–Trinajstić information content (AvgIpc) is 1.96. The van der Waals surface area contributed by atoms with Crippen LogP contribution in [0.3, 0.4) is 0 Å². The molecule has 1 aliphatic rings. The lowest BCUT2D eigenvalue weighted by atomic mass is 10.1. The molecule has 1 aromatic carbocycles. The molecule has 0 unspecified atom stereocenters. The minimum absolute atomic E-state index is 0.0197. The van der Waals surface area contributed by atoms with Crippen LogP contribution < -0.4 is 5.32 Å². The summed E-state index contributed by atoms with van der Waals surface area (Å²) < 4.78 is 0. The standard InChI is InChI=1S/C12H16N2O/c1-9-6-10(2)8-11(7-9)13-12(15)14-4-3-5-14/h6-8H,3-5H2,1-2H3,(H,13,15). The minimum Gasteiger partial charge on any atom is -0.324 e. The second-order valence-corrected chi connectivity index (χ2v) is 4.15. The maximum atomic E-state index is 11.6. The Morgan fingerprint density at radius 1 is 1.20 bits per heavy atom. The third-order valence-electron chi connectivity index (χ3n) is 2.62. The minimum atomic E-state index is 0.0197. The quantitative estimate of drug-likeness (QED) is 0.749. The van der Waals surface area contributed by atoms with Crippen molar-refractivity contribution in [1.29, 1.82) is 0 Å². The van der Waals surface area contributed by atoms with Crippen LogP contribution in [0.15, 0.2) is 18.2 Å². The predicted octanol–water partition coefficient (Wildman–Crippen LogP) is 2.54. The fraction of sp³-hybridized carbons (Fsp3) is 0.417. The number of nitrogens with zero attached hydrogens (tertiary/aromatic N) is 1. The zero-order chi connectivity index (χ0) is 10.8. The number of aryl methyl sites for hydroxylation is 2. The van der Waals surface area contributed by atoms with Crippen molar-refractivity contribution in [1.82, 2.24) is 4.90 Å². The zero-order valence-corrected chi connectivity index (χ0v) is 9.21. The van der Waals surface area contributed by atoms with Gasteiger partial charge in [-0.1, -0.05) is 6.07 Å². The Bertz CT molecular complexity index is 363. The first kappa shape index (κ1) is 10.0. The number of anilines is 1. The van der Waals surface area contributed by atoms with Gasteiger partial charge in [-0.3, -0.25) is 0 Å². The molecule has 0 radical (unpaired) electrons. The molecular formula is C12H16N2O. The van der Waals surface area contributed by atoms with Gasteiger partial charge in [0.15, 0.2) is 0 Å². The highest BCUT2D eigenvalue weighted by atomic mass is 16.2. The number of amides is 2. The van der Waals surface area contributed by atoms with Crippen LogP contribution in [0.1, 0.15) is 17.5 Å². The van der Waals surface area contributed by atoms with E-state index in [1.165, 1.54) is 11.1 Å². The monoisotopic (exact) mass is 204 g/mol. The lowest BCUT2D eigenvalue weighted by molar-refractivity contribution is 0.181. The molecule has 0 saturated carbocycles. The number of hydrogen-bond donors (Lipinski definition) is 1. The zero-order valence-electron chi connectivity index (χ0n) is 9.21. The van der Waals surface area contributed by atoms with Gasteiger partial charge in [0.25, 0.3) is 0 Å². The average molecular weight is 204 g/mol. The molecule has 1 aromatic rings. The lowest BCUT2D eigenvalue weighted by Gasteiger charge is -2.30. The molecule has 0 spiro atoms. The molecule has 1 aliphatic heterocycles. The molecule has 1 fully saturated rings. The molecule has 1 saturated heterocycles. The Labute approximate surface area is 90.1 Å². The second kappa shape index (κ2) is 3.93. The normalized spacial score (nSPS) is 14.7. The molecule has 3 heteroatoms. The number of likely N-dealkylation sites (tertiary alicyclic amines) is 1. The van der Waals surface area contributed by atoms with Crippen LogP contribution >= 0.6 is 0 Å². The van der Waals surface area contributed by atoms with Crippen LogP contribution in [0.2, 0.25) is 0 Å². The van der Waals surface area contributed by atoms with Crippen LogP contribution in [0, 0.1) is 13.8 Å². The summed E-state index contributed by atoms with van der Waals surface area (Å²) >= 11 is 0. The van der Waals surface area contributed by atoms with Crippen molar-refractivity contribution in [3.05, 3.63) is 29.3 Å². The molecule has 15 heavy (non-hydrogen) atoms. The first-order chi connectivity index (χ1) is 7.15. The molecule has 80 valence electrons. The molecule has 0 aliphatic carbocycles. The molecule has 0 atom stereocenters. The molecule has 1 N–H and O–H groups in total. The largest absolute Gasteiger partial charge is 0.324 e. The summed E-state index contributed by atoms with van der Waals surface area (Å²) in [4.78, 5) is 13.4. The number of hydrogen-bond acceptors (Lipinski definition) is 1. The highest BCUT2D eigenvalue weighted by molar-refractivity contribution is 5.89. The third kappa shape index (κ3) is 2.29. The number of benzene rings is 1. The van der Waals surface area contributed by atoms with E-state index in [4.69, 9.17) is 0 Å². The van der Waals surface area contributed by atoms with E-state index in [2.05, 4.69) is 11.4 Å². The van der Waals surface area contributed by atoms with Crippen molar-refractivity contribution in [2.24, 2.45) is 0 Å². The highest BCUT2D eigenvalue weighted by Crippen LogP contribution is 2.15. The van der Waals surface area contributed by atoms with Crippen LogP contribution in [0.4, 0.5) is 10.5 Å². The van der Waals surface area contributed by atoms with Crippen molar-refractivity contribution >= 4 is 11.7 Å². The van der Waals surface area contributed by atoms with E-state index in [1.807, 2.05) is 30.9 Å². The van der Waals surface area contributed by atoms with E-state index in [0.717, 1.165) is 25.2 Å². The number of rotatable bonds is 1. The van der Waals surface area contributed by atoms with Gasteiger partial charge in [-0.15, -0.1) is 0 Å². The van der Waals surface area contributed by atoms with Crippen LogP contribution in [0.25, 0.3) is 0 Å². The van der Waals surface area contributed by atoms with Crippen LogP contribution in [-0.2, 0) is 0 Å².